The quantitative estimate of drug-likeness (QED) is 0.776. The maximum absolute atomic E-state index is 12.1. The van der Waals surface area contributed by atoms with Crippen LogP contribution >= 0.6 is 0 Å². The zero-order chi connectivity index (χ0) is 15.2. The van der Waals surface area contributed by atoms with Crippen LogP contribution in [0, 0.1) is 0 Å². The average molecular weight is 291 g/mol. The lowest BCUT2D eigenvalue weighted by molar-refractivity contribution is -0.142. The molecule has 0 aliphatic carbocycles. The third kappa shape index (κ3) is 3.71. The molecular formula is C14H17N3O4. The normalized spacial score (nSPS) is 11.9. The van der Waals surface area contributed by atoms with Gasteiger partial charge >= 0.3 is 5.97 Å². The van der Waals surface area contributed by atoms with E-state index in [0.717, 1.165) is 5.69 Å². The van der Waals surface area contributed by atoms with Crippen LogP contribution in [0.2, 0.25) is 0 Å². The van der Waals surface area contributed by atoms with Gasteiger partial charge in [0, 0.05) is 24.7 Å². The van der Waals surface area contributed by atoms with Crippen molar-refractivity contribution >= 4 is 11.9 Å². The number of nitrogens with one attached hydrogen (secondary N) is 2. The monoisotopic (exact) mass is 291 g/mol. The Labute approximate surface area is 121 Å². The van der Waals surface area contributed by atoms with Gasteiger partial charge in [-0.15, -0.1) is 0 Å². The number of methoxy groups -OCH3 is 1. The molecule has 2 heterocycles. The molecule has 0 fully saturated rings. The molecule has 0 aromatic carbocycles. The van der Waals surface area contributed by atoms with E-state index in [1.54, 1.807) is 18.3 Å². The maximum Gasteiger partial charge on any atom is 0.328 e. The number of ether oxygens (including phenoxy) is 1. The first-order valence-electron chi connectivity index (χ1n) is 6.58. The Hall–Kier alpha value is -2.57. The van der Waals surface area contributed by atoms with Gasteiger partial charge in [0.2, 0.25) is 0 Å². The number of hydrogen-bond donors (Lipinski definition) is 2. The number of furan rings is 1. The van der Waals surface area contributed by atoms with Crippen molar-refractivity contribution in [3.63, 3.8) is 0 Å². The summed E-state index contributed by atoms with van der Waals surface area (Å²) in [5, 5.41) is 2.60. The summed E-state index contributed by atoms with van der Waals surface area (Å²) in [6.07, 6.45) is 4.05. The van der Waals surface area contributed by atoms with Crippen molar-refractivity contribution in [2.75, 3.05) is 7.11 Å². The van der Waals surface area contributed by atoms with Crippen molar-refractivity contribution in [3.8, 4) is 0 Å². The van der Waals surface area contributed by atoms with Gasteiger partial charge in [-0.3, -0.25) is 4.79 Å². The fourth-order valence-corrected chi connectivity index (χ4v) is 1.87. The average Bonchev–Trinajstić information content (AvgIpc) is 3.16. The number of hydrogen-bond acceptors (Lipinski definition) is 5. The molecule has 0 saturated carbocycles. The summed E-state index contributed by atoms with van der Waals surface area (Å²) in [7, 11) is 1.27. The SMILES string of the molecule is CCc1ccc(C(=O)N[C@@H](Cc2cnc[nH]2)C(=O)OC)o1. The van der Waals surface area contributed by atoms with Gasteiger partial charge in [0.25, 0.3) is 5.91 Å². The number of imidazole rings is 1. The van der Waals surface area contributed by atoms with E-state index in [1.807, 2.05) is 6.92 Å². The first-order chi connectivity index (χ1) is 10.1. The van der Waals surface area contributed by atoms with E-state index in [1.165, 1.54) is 13.4 Å². The largest absolute Gasteiger partial charge is 0.467 e. The summed E-state index contributed by atoms with van der Waals surface area (Å²) < 4.78 is 10.1. The zero-order valence-corrected chi connectivity index (χ0v) is 11.9. The van der Waals surface area contributed by atoms with E-state index in [9.17, 15) is 9.59 Å². The van der Waals surface area contributed by atoms with Crippen molar-refractivity contribution in [2.45, 2.75) is 25.8 Å². The molecule has 2 N–H and O–H groups in total. The number of H-pyrrole nitrogens is 1. The fraction of sp³-hybridized carbons (Fsp3) is 0.357. The third-order valence-corrected chi connectivity index (χ3v) is 3.00. The number of nitrogens with zero attached hydrogens (tertiary/aromatic N) is 1. The van der Waals surface area contributed by atoms with Crippen LogP contribution < -0.4 is 5.32 Å². The van der Waals surface area contributed by atoms with Crippen LogP contribution in [0.1, 0.15) is 28.9 Å². The molecule has 21 heavy (non-hydrogen) atoms. The van der Waals surface area contributed by atoms with E-state index in [2.05, 4.69) is 15.3 Å². The van der Waals surface area contributed by atoms with Gasteiger partial charge in [0.05, 0.1) is 13.4 Å². The molecule has 0 bridgehead atoms. The van der Waals surface area contributed by atoms with Gasteiger partial charge in [-0.25, -0.2) is 9.78 Å². The highest BCUT2D eigenvalue weighted by Crippen LogP contribution is 2.09. The van der Waals surface area contributed by atoms with Gasteiger partial charge < -0.3 is 19.5 Å². The maximum atomic E-state index is 12.1. The molecule has 7 nitrogen and oxygen atoms in total. The predicted octanol–water partition coefficient (Wildman–Crippen LogP) is 1.08. The fourth-order valence-electron chi connectivity index (χ4n) is 1.87. The Balaban J connectivity index is 2.07. The first kappa shape index (κ1) is 14.8. The van der Waals surface area contributed by atoms with Gasteiger partial charge in [-0.1, -0.05) is 6.92 Å². The van der Waals surface area contributed by atoms with Crippen LogP contribution in [0.15, 0.2) is 29.1 Å². The molecule has 7 heteroatoms. The Morgan fingerprint density at radius 2 is 2.29 bits per heavy atom. The second-order valence-electron chi connectivity index (χ2n) is 4.45. The van der Waals surface area contributed by atoms with Crippen LogP contribution in [-0.2, 0) is 22.4 Å². The van der Waals surface area contributed by atoms with E-state index in [-0.39, 0.29) is 12.2 Å². The van der Waals surface area contributed by atoms with Crippen molar-refractivity contribution in [2.24, 2.45) is 0 Å². The number of aryl methyl sites for hydroxylation is 1. The number of rotatable bonds is 6. The summed E-state index contributed by atoms with van der Waals surface area (Å²) >= 11 is 0. The lowest BCUT2D eigenvalue weighted by Gasteiger charge is -2.14. The summed E-state index contributed by atoms with van der Waals surface area (Å²) in [6.45, 7) is 1.93. The van der Waals surface area contributed by atoms with E-state index < -0.39 is 17.9 Å². The molecule has 2 aromatic heterocycles. The number of carbonyl (C=O) groups excluding carboxylic acids is 2. The van der Waals surface area contributed by atoms with Crippen molar-refractivity contribution in [1.29, 1.82) is 0 Å². The Kier molecular flexibility index (Phi) is 4.76. The molecule has 0 saturated heterocycles. The van der Waals surface area contributed by atoms with Crippen LogP contribution in [0.3, 0.4) is 0 Å². The van der Waals surface area contributed by atoms with Gasteiger partial charge in [-0.05, 0) is 12.1 Å². The van der Waals surface area contributed by atoms with Crippen molar-refractivity contribution in [3.05, 3.63) is 41.9 Å². The number of aromatic amines is 1. The highest BCUT2D eigenvalue weighted by molar-refractivity contribution is 5.94. The Morgan fingerprint density at radius 1 is 1.48 bits per heavy atom. The van der Waals surface area contributed by atoms with Crippen LogP contribution in [0.4, 0.5) is 0 Å². The molecule has 1 amide bonds. The third-order valence-electron chi connectivity index (χ3n) is 3.00. The molecule has 0 unspecified atom stereocenters. The standard InChI is InChI=1S/C14H17N3O4/c1-3-10-4-5-12(21-10)13(18)17-11(14(19)20-2)6-9-7-15-8-16-9/h4-5,7-8,11H,3,6H2,1-2H3,(H,15,16)(H,17,18)/t11-/m0/s1. The minimum Gasteiger partial charge on any atom is -0.467 e. The molecule has 0 radical (unpaired) electrons. The lowest BCUT2D eigenvalue weighted by atomic mass is 10.1. The molecule has 112 valence electrons. The Bertz CT molecular complexity index is 604. The molecule has 0 aliphatic heterocycles. The van der Waals surface area contributed by atoms with E-state index in [0.29, 0.717) is 12.2 Å². The number of esters is 1. The highest BCUT2D eigenvalue weighted by atomic mass is 16.5. The minimum atomic E-state index is -0.807. The first-order valence-corrected chi connectivity index (χ1v) is 6.58. The molecular weight excluding hydrogens is 274 g/mol. The second-order valence-corrected chi connectivity index (χ2v) is 4.45. The molecule has 2 aromatic rings. The van der Waals surface area contributed by atoms with Crippen LogP contribution in [-0.4, -0.2) is 35.0 Å². The van der Waals surface area contributed by atoms with Gasteiger partial charge in [0.15, 0.2) is 5.76 Å². The van der Waals surface area contributed by atoms with E-state index >= 15 is 0 Å². The summed E-state index contributed by atoms with van der Waals surface area (Å²) in [6, 6.07) is 2.51. The van der Waals surface area contributed by atoms with Crippen LogP contribution in [0.5, 0.6) is 0 Å². The topological polar surface area (TPSA) is 97.2 Å². The van der Waals surface area contributed by atoms with Crippen molar-refractivity contribution < 1.29 is 18.7 Å². The van der Waals surface area contributed by atoms with Gasteiger partial charge in [0.1, 0.15) is 11.8 Å². The van der Waals surface area contributed by atoms with E-state index in [4.69, 9.17) is 9.15 Å². The molecule has 2 rings (SSSR count). The molecule has 0 aliphatic rings. The summed E-state index contributed by atoms with van der Waals surface area (Å²) in [5.74, 6) is -0.0986. The molecule has 1 atom stereocenters. The number of amides is 1. The molecule has 0 spiro atoms. The van der Waals surface area contributed by atoms with Crippen LogP contribution in [0.25, 0.3) is 0 Å². The number of aromatic nitrogens is 2. The second kappa shape index (κ2) is 6.74. The minimum absolute atomic E-state index is 0.172. The number of carbonyl (C=O) groups is 2. The smallest absolute Gasteiger partial charge is 0.328 e. The summed E-state index contributed by atoms with van der Waals surface area (Å²) in [5.41, 5.74) is 0.722. The van der Waals surface area contributed by atoms with Crippen molar-refractivity contribution in [1.82, 2.24) is 15.3 Å². The van der Waals surface area contributed by atoms with Gasteiger partial charge in [-0.2, -0.15) is 0 Å². The zero-order valence-electron chi connectivity index (χ0n) is 11.9. The predicted molar refractivity (Wildman–Crippen MR) is 73.6 cm³/mol. The highest BCUT2D eigenvalue weighted by Gasteiger charge is 2.24. The summed E-state index contributed by atoms with van der Waals surface area (Å²) in [4.78, 5) is 30.6. The lowest BCUT2D eigenvalue weighted by Crippen LogP contribution is -2.43. The Morgan fingerprint density at radius 3 is 2.86 bits per heavy atom.